The molecule has 6 heteroatoms. The lowest BCUT2D eigenvalue weighted by molar-refractivity contribution is -0.136. The number of rotatable bonds is 3. The van der Waals surface area contributed by atoms with E-state index in [-0.39, 0.29) is 17.6 Å². The molecule has 2 amide bonds. The van der Waals surface area contributed by atoms with Crippen LogP contribution in [0.3, 0.4) is 0 Å². The van der Waals surface area contributed by atoms with Crippen LogP contribution in [0.4, 0.5) is 0 Å². The fourth-order valence-corrected chi connectivity index (χ4v) is 1.79. The fraction of sp³-hybridized carbons (Fsp3) is 0.500. The fourth-order valence-electron chi connectivity index (χ4n) is 1.79. The molecule has 0 aliphatic carbocycles. The third kappa shape index (κ3) is 2.89. The van der Waals surface area contributed by atoms with Crippen LogP contribution in [0.15, 0.2) is 22.8 Å². The van der Waals surface area contributed by atoms with Crippen molar-refractivity contribution in [3.8, 4) is 0 Å². The molecule has 0 radical (unpaired) electrons. The van der Waals surface area contributed by atoms with Crippen molar-refractivity contribution in [2.75, 3.05) is 26.3 Å². The third-order valence-electron chi connectivity index (χ3n) is 2.79. The second kappa shape index (κ2) is 5.68. The highest BCUT2D eigenvalue weighted by atomic mass is 16.5. The summed E-state index contributed by atoms with van der Waals surface area (Å²) < 4.78 is 10.1. The van der Waals surface area contributed by atoms with E-state index >= 15 is 0 Å². The van der Waals surface area contributed by atoms with Crippen LogP contribution in [0.25, 0.3) is 0 Å². The molecule has 18 heavy (non-hydrogen) atoms. The van der Waals surface area contributed by atoms with Crippen LogP contribution < -0.4 is 5.32 Å². The number of hydrogen-bond donors (Lipinski definition) is 1. The van der Waals surface area contributed by atoms with Crippen LogP contribution in [-0.2, 0) is 9.53 Å². The van der Waals surface area contributed by atoms with E-state index < -0.39 is 6.04 Å². The van der Waals surface area contributed by atoms with Gasteiger partial charge in [0.1, 0.15) is 6.04 Å². The number of hydrogen-bond acceptors (Lipinski definition) is 4. The summed E-state index contributed by atoms with van der Waals surface area (Å²) >= 11 is 0. The number of nitrogens with one attached hydrogen (secondary N) is 1. The van der Waals surface area contributed by atoms with E-state index in [9.17, 15) is 9.59 Å². The van der Waals surface area contributed by atoms with E-state index in [1.807, 2.05) is 0 Å². The summed E-state index contributed by atoms with van der Waals surface area (Å²) in [5, 5.41) is 2.61. The molecule has 1 aliphatic rings. The van der Waals surface area contributed by atoms with Crippen molar-refractivity contribution < 1.29 is 18.7 Å². The maximum atomic E-state index is 12.0. The minimum Gasteiger partial charge on any atom is -0.459 e. The molecule has 0 spiro atoms. The highest BCUT2D eigenvalue weighted by Crippen LogP contribution is 2.03. The quantitative estimate of drug-likeness (QED) is 0.837. The van der Waals surface area contributed by atoms with Crippen molar-refractivity contribution in [3.05, 3.63) is 24.2 Å². The monoisotopic (exact) mass is 252 g/mol. The van der Waals surface area contributed by atoms with E-state index in [0.717, 1.165) is 0 Å². The van der Waals surface area contributed by atoms with Crippen molar-refractivity contribution in [2.45, 2.75) is 13.0 Å². The average molecular weight is 252 g/mol. The first kappa shape index (κ1) is 12.6. The molecule has 1 aliphatic heterocycles. The topological polar surface area (TPSA) is 71.8 Å². The molecule has 0 saturated carbocycles. The maximum absolute atomic E-state index is 12.0. The number of amides is 2. The molecule has 6 nitrogen and oxygen atoms in total. The van der Waals surface area contributed by atoms with Crippen molar-refractivity contribution >= 4 is 11.8 Å². The van der Waals surface area contributed by atoms with Crippen molar-refractivity contribution in [1.29, 1.82) is 0 Å². The maximum Gasteiger partial charge on any atom is 0.287 e. The Hall–Kier alpha value is -1.82. The number of furan rings is 1. The Bertz CT molecular complexity index is 410. The van der Waals surface area contributed by atoms with Crippen LogP contribution in [-0.4, -0.2) is 49.1 Å². The van der Waals surface area contributed by atoms with Crippen LogP contribution in [0.1, 0.15) is 17.5 Å². The summed E-state index contributed by atoms with van der Waals surface area (Å²) in [6.07, 6.45) is 1.42. The van der Waals surface area contributed by atoms with Crippen LogP contribution in [0, 0.1) is 0 Å². The molecule has 2 heterocycles. The standard InChI is InChI=1S/C12H16N2O4/c1-9(12(16)14-4-7-17-8-5-14)13-11(15)10-3-2-6-18-10/h2-3,6,9H,4-5,7-8H2,1H3,(H,13,15)/t9-/m0/s1. The Kier molecular flexibility index (Phi) is 3.99. The lowest BCUT2D eigenvalue weighted by Crippen LogP contribution is -2.50. The van der Waals surface area contributed by atoms with Gasteiger partial charge in [0, 0.05) is 13.1 Å². The van der Waals surface area contributed by atoms with Gasteiger partial charge in [-0.3, -0.25) is 9.59 Å². The van der Waals surface area contributed by atoms with E-state index in [0.29, 0.717) is 26.3 Å². The average Bonchev–Trinajstić information content (AvgIpc) is 2.92. The lowest BCUT2D eigenvalue weighted by Gasteiger charge is -2.29. The van der Waals surface area contributed by atoms with Gasteiger partial charge in [0.15, 0.2) is 5.76 Å². The molecule has 98 valence electrons. The predicted octanol–water partition coefficient (Wildman–Crippen LogP) is 0.257. The minimum atomic E-state index is -0.569. The SMILES string of the molecule is C[C@H](NC(=O)c1ccco1)C(=O)N1CCOCC1. The first-order valence-corrected chi connectivity index (χ1v) is 5.89. The first-order chi connectivity index (χ1) is 8.68. The zero-order valence-electron chi connectivity index (χ0n) is 10.2. The van der Waals surface area contributed by atoms with Gasteiger partial charge in [0.25, 0.3) is 5.91 Å². The first-order valence-electron chi connectivity index (χ1n) is 5.89. The molecule has 2 rings (SSSR count). The van der Waals surface area contributed by atoms with E-state index in [1.165, 1.54) is 6.26 Å². The van der Waals surface area contributed by atoms with E-state index in [2.05, 4.69) is 5.32 Å². The van der Waals surface area contributed by atoms with E-state index in [4.69, 9.17) is 9.15 Å². The summed E-state index contributed by atoms with van der Waals surface area (Å²) in [5.41, 5.74) is 0. The van der Waals surface area contributed by atoms with Crippen molar-refractivity contribution in [1.82, 2.24) is 10.2 Å². The van der Waals surface area contributed by atoms with Crippen LogP contribution in [0.2, 0.25) is 0 Å². The number of morpholine rings is 1. The Morgan fingerprint density at radius 2 is 2.11 bits per heavy atom. The van der Waals surface area contributed by atoms with Crippen molar-refractivity contribution in [2.24, 2.45) is 0 Å². The van der Waals surface area contributed by atoms with Gasteiger partial charge < -0.3 is 19.4 Å². The molecule has 1 atom stereocenters. The molecule has 1 N–H and O–H groups in total. The van der Waals surface area contributed by atoms with Gasteiger partial charge in [-0.1, -0.05) is 0 Å². The van der Waals surface area contributed by atoms with Gasteiger partial charge >= 0.3 is 0 Å². The molecular weight excluding hydrogens is 236 g/mol. The number of nitrogens with zero attached hydrogens (tertiary/aromatic N) is 1. The molecule has 1 fully saturated rings. The highest BCUT2D eigenvalue weighted by molar-refractivity contribution is 5.95. The van der Waals surface area contributed by atoms with Crippen molar-refractivity contribution in [3.63, 3.8) is 0 Å². The Labute approximate surface area is 105 Å². The minimum absolute atomic E-state index is 0.0989. The summed E-state index contributed by atoms with van der Waals surface area (Å²) in [6.45, 7) is 3.90. The largest absolute Gasteiger partial charge is 0.459 e. The summed E-state index contributed by atoms with van der Waals surface area (Å²) in [4.78, 5) is 25.4. The number of ether oxygens (including phenoxy) is 1. The second-order valence-corrected chi connectivity index (χ2v) is 4.11. The normalized spacial score (nSPS) is 17.3. The highest BCUT2D eigenvalue weighted by Gasteiger charge is 2.24. The molecule has 1 aromatic rings. The van der Waals surface area contributed by atoms with E-state index in [1.54, 1.807) is 24.0 Å². The number of carbonyl (C=O) groups is 2. The molecular formula is C12H16N2O4. The van der Waals surface area contributed by atoms with Crippen LogP contribution >= 0.6 is 0 Å². The van der Waals surface area contributed by atoms with Gasteiger partial charge in [-0.15, -0.1) is 0 Å². The van der Waals surface area contributed by atoms with Gasteiger partial charge in [0.2, 0.25) is 5.91 Å². The Morgan fingerprint density at radius 3 is 2.72 bits per heavy atom. The summed E-state index contributed by atoms with van der Waals surface area (Å²) in [7, 11) is 0. The Morgan fingerprint density at radius 1 is 1.39 bits per heavy atom. The summed E-state index contributed by atoms with van der Waals surface area (Å²) in [6, 6.07) is 2.62. The molecule has 1 saturated heterocycles. The molecule has 0 unspecified atom stereocenters. The van der Waals surface area contributed by atoms with Gasteiger partial charge in [0.05, 0.1) is 19.5 Å². The molecule has 1 aromatic heterocycles. The van der Waals surface area contributed by atoms with Gasteiger partial charge in [-0.25, -0.2) is 0 Å². The number of carbonyl (C=O) groups excluding carboxylic acids is 2. The zero-order chi connectivity index (χ0) is 13.0. The smallest absolute Gasteiger partial charge is 0.287 e. The predicted molar refractivity (Wildman–Crippen MR) is 63.0 cm³/mol. The van der Waals surface area contributed by atoms with Gasteiger partial charge in [-0.05, 0) is 19.1 Å². The Balaban J connectivity index is 1.88. The lowest BCUT2D eigenvalue weighted by atomic mass is 10.2. The zero-order valence-corrected chi connectivity index (χ0v) is 10.2. The molecule has 0 bridgehead atoms. The third-order valence-corrected chi connectivity index (χ3v) is 2.79. The second-order valence-electron chi connectivity index (χ2n) is 4.11. The van der Waals surface area contributed by atoms with Crippen LogP contribution in [0.5, 0.6) is 0 Å². The summed E-state index contributed by atoms with van der Waals surface area (Å²) in [5.74, 6) is -0.274. The molecule has 0 aromatic carbocycles. The van der Waals surface area contributed by atoms with Gasteiger partial charge in [-0.2, -0.15) is 0 Å².